The average Bonchev–Trinajstić information content (AvgIpc) is 2.05. The van der Waals surface area contributed by atoms with E-state index < -0.39 is 21.8 Å². The summed E-state index contributed by atoms with van der Waals surface area (Å²) in [7, 11) is -18.0. The third-order valence-electron chi connectivity index (χ3n) is 0.624. The molecule has 18 heteroatoms. The fourth-order valence-electron chi connectivity index (χ4n) is 0.393. The fraction of sp³-hybridized carbons (Fsp3) is 0.714. The Kier molecular flexibility index (Phi) is 22.6. The molecular formula is C7H13B3F12KO2-3. The van der Waals surface area contributed by atoms with Crippen molar-refractivity contribution >= 4 is 27.7 Å². The van der Waals surface area contributed by atoms with Crippen LogP contribution in [-0.4, -0.2) is 33.3 Å². The Balaban J connectivity index is -0.0000000733. The summed E-state index contributed by atoms with van der Waals surface area (Å²) >= 11 is 0. The van der Waals surface area contributed by atoms with E-state index >= 15 is 0 Å². The number of hydrogen-bond donors (Lipinski definition) is 0. The van der Waals surface area contributed by atoms with Gasteiger partial charge in [0, 0.05) is 0 Å². The van der Waals surface area contributed by atoms with Crippen molar-refractivity contribution in [2.45, 2.75) is 32.8 Å². The van der Waals surface area contributed by atoms with Crippen LogP contribution in [0.1, 0.15) is 27.2 Å². The minimum Gasteiger partial charge on any atom is -0.462 e. The molecule has 0 radical (unpaired) electrons. The Morgan fingerprint density at radius 1 is 0.760 bits per heavy atom. The first-order valence-electron chi connectivity index (χ1n) is 5.58. The van der Waals surface area contributed by atoms with Crippen molar-refractivity contribution in [1.29, 1.82) is 0 Å². The van der Waals surface area contributed by atoms with Crippen LogP contribution in [0, 0.1) is 6.92 Å². The van der Waals surface area contributed by atoms with Crippen LogP contribution in [0.25, 0.3) is 0 Å². The van der Waals surface area contributed by atoms with Crippen molar-refractivity contribution in [2.24, 2.45) is 0 Å². The molecular weight excluding hydrogens is 416 g/mol. The molecule has 0 aliphatic carbocycles. The zero-order valence-corrected chi connectivity index (χ0v) is 16.6. The van der Waals surface area contributed by atoms with Crippen LogP contribution >= 0.6 is 0 Å². The molecule has 0 saturated carbocycles. The summed E-state index contributed by atoms with van der Waals surface area (Å²) in [5, 5.41) is 0. The molecule has 150 valence electrons. The Hall–Kier alpha value is 0.461. The first-order chi connectivity index (χ1) is 9.95. The van der Waals surface area contributed by atoms with Crippen molar-refractivity contribution < 1.29 is 113 Å². The Bertz CT molecular complexity index is 278. The smallest absolute Gasteiger partial charge is 0.462 e. The molecule has 0 heterocycles. The predicted molar refractivity (Wildman–Crippen MR) is 66.4 cm³/mol. The van der Waals surface area contributed by atoms with E-state index in [-0.39, 0.29) is 69.4 Å². The molecule has 2 nitrogen and oxygen atoms in total. The van der Waals surface area contributed by atoms with E-state index in [1.807, 2.05) is 20.8 Å². The van der Waals surface area contributed by atoms with E-state index in [2.05, 4.69) is 6.92 Å². The molecule has 0 aromatic rings. The summed E-state index contributed by atoms with van der Waals surface area (Å²) in [6, 6.07) is 0. The van der Waals surface area contributed by atoms with Gasteiger partial charge in [-0.2, -0.15) is 0 Å². The van der Waals surface area contributed by atoms with Crippen molar-refractivity contribution in [3.63, 3.8) is 0 Å². The molecule has 0 unspecified atom stereocenters. The van der Waals surface area contributed by atoms with Crippen molar-refractivity contribution in [3.05, 3.63) is 6.92 Å². The fourth-order valence-corrected chi connectivity index (χ4v) is 0.393. The van der Waals surface area contributed by atoms with Crippen LogP contribution in [0.4, 0.5) is 51.8 Å². The molecule has 0 saturated heterocycles. The van der Waals surface area contributed by atoms with Crippen LogP contribution in [0.2, 0.25) is 0 Å². The van der Waals surface area contributed by atoms with Gasteiger partial charge >= 0.3 is 73.1 Å². The van der Waals surface area contributed by atoms with E-state index in [1.54, 1.807) is 0 Å². The number of esters is 1. The third kappa shape index (κ3) is 222. The van der Waals surface area contributed by atoms with Crippen LogP contribution in [0.5, 0.6) is 0 Å². The standard InChI is InChI=1S/C7H13O2.3BF4.K/c1-5-6(8)9-7(2,3)4;3*2-1(3,4)5;/h1,5H2,2-4H3;;;;/q4*-1;+1. The molecule has 0 aromatic carbocycles. The second-order valence-corrected chi connectivity index (χ2v) is 4.32. The van der Waals surface area contributed by atoms with Crippen molar-refractivity contribution in [1.82, 2.24) is 0 Å². The third-order valence-corrected chi connectivity index (χ3v) is 0.624. The second kappa shape index (κ2) is 15.5. The first kappa shape index (κ1) is 36.4. The molecule has 25 heavy (non-hydrogen) atoms. The van der Waals surface area contributed by atoms with Gasteiger partial charge < -0.3 is 63.4 Å². The predicted octanol–water partition coefficient (Wildman–Crippen LogP) is 2.46. The van der Waals surface area contributed by atoms with Crippen LogP contribution in [-0.2, 0) is 9.53 Å². The molecule has 0 fully saturated rings. The van der Waals surface area contributed by atoms with Crippen molar-refractivity contribution in [2.75, 3.05) is 0 Å². The van der Waals surface area contributed by atoms with Gasteiger partial charge in [-0.05, 0) is 20.8 Å². The van der Waals surface area contributed by atoms with Gasteiger partial charge in [0.05, 0.1) is 0 Å². The summed E-state index contributed by atoms with van der Waals surface area (Å²) in [5.41, 5.74) is -0.366. The average molecular weight is 429 g/mol. The zero-order chi connectivity index (χ0) is 21.0. The minimum atomic E-state index is -6.00. The van der Waals surface area contributed by atoms with Gasteiger partial charge in [-0.3, -0.25) is 4.79 Å². The number of ether oxygens (including phenoxy) is 1. The van der Waals surface area contributed by atoms with E-state index in [0.717, 1.165) is 0 Å². The minimum absolute atomic E-state index is 0. The summed E-state index contributed by atoms with van der Waals surface area (Å²) in [6.45, 7) is 8.90. The Labute approximate surface area is 179 Å². The normalized spacial score (nSPS) is 11.2. The monoisotopic (exact) mass is 429 g/mol. The zero-order valence-electron chi connectivity index (χ0n) is 13.5. The van der Waals surface area contributed by atoms with E-state index in [4.69, 9.17) is 4.74 Å². The molecule has 0 aliphatic heterocycles. The molecule has 0 aliphatic rings. The Morgan fingerprint density at radius 2 is 0.920 bits per heavy atom. The SMILES string of the molecule is F[B-](F)(F)F.F[B-](F)(F)F.F[B-](F)(F)F.[CH2-]CC(=O)OC(C)(C)C.[K+]. The largest absolute Gasteiger partial charge is 1.00 e. The van der Waals surface area contributed by atoms with E-state index in [1.165, 1.54) is 0 Å². The summed E-state index contributed by atoms with van der Waals surface area (Å²) in [4.78, 5) is 10.5. The van der Waals surface area contributed by atoms with Gasteiger partial charge in [0.15, 0.2) is 0 Å². The van der Waals surface area contributed by atoms with Gasteiger partial charge in [0.2, 0.25) is 0 Å². The first-order valence-corrected chi connectivity index (χ1v) is 5.58. The molecule has 0 spiro atoms. The molecule has 0 bridgehead atoms. The number of halogens is 12. The molecule has 0 atom stereocenters. The van der Waals surface area contributed by atoms with Crippen LogP contribution in [0.15, 0.2) is 0 Å². The maximum absolute atomic E-state index is 10.5. The summed E-state index contributed by atoms with van der Waals surface area (Å²) in [6.07, 6.45) is 0.206. The topological polar surface area (TPSA) is 26.3 Å². The molecule has 0 rings (SSSR count). The van der Waals surface area contributed by atoms with E-state index in [0.29, 0.717) is 0 Å². The van der Waals surface area contributed by atoms with Crippen molar-refractivity contribution in [3.8, 4) is 0 Å². The number of rotatable bonds is 1. The van der Waals surface area contributed by atoms with Gasteiger partial charge in [0.1, 0.15) is 5.60 Å². The van der Waals surface area contributed by atoms with Gasteiger partial charge in [-0.25, -0.2) is 0 Å². The summed E-state index contributed by atoms with van der Waals surface area (Å²) in [5.74, 6) is -0.248. The number of carbonyl (C=O) groups excluding carboxylic acids is 1. The second-order valence-electron chi connectivity index (χ2n) is 4.32. The van der Waals surface area contributed by atoms with Gasteiger partial charge in [-0.1, -0.05) is 6.42 Å². The molecule has 0 aromatic heterocycles. The molecule has 0 N–H and O–H groups in total. The van der Waals surface area contributed by atoms with Crippen LogP contribution in [0.3, 0.4) is 0 Å². The Morgan fingerprint density at radius 3 is 0.960 bits per heavy atom. The van der Waals surface area contributed by atoms with Gasteiger partial charge in [0.25, 0.3) is 5.97 Å². The number of carbonyl (C=O) groups is 1. The maximum Gasteiger partial charge on any atom is 1.00 e. The van der Waals surface area contributed by atoms with Crippen LogP contribution < -0.4 is 51.4 Å². The molecule has 0 amide bonds. The maximum atomic E-state index is 10.5. The van der Waals surface area contributed by atoms with E-state index in [9.17, 15) is 56.6 Å². The quantitative estimate of drug-likeness (QED) is 0.278. The number of hydrogen-bond acceptors (Lipinski definition) is 2. The van der Waals surface area contributed by atoms with Gasteiger partial charge in [-0.15, -0.1) is 0 Å². The summed E-state index contributed by atoms with van der Waals surface area (Å²) < 4.78 is 122.